The first-order valence-electron chi connectivity index (χ1n) is 3.29. The third kappa shape index (κ3) is 2.02. The van der Waals surface area contributed by atoms with Crippen LogP contribution in [0.4, 0.5) is 0 Å². The van der Waals surface area contributed by atoms with Crippen LogP contribution in [0.25, 0.3) is 0 Å². The van der Waals surface area contributed by atoms with E-state index in [0.29, 0.717) is 0 Å². The summed E-state index contributed by atoms with van der Waals surface area (Å²) in [5, 5.41) is 0. The maximum Gasteiger partial charge on any atom is 0.140 e. The fourth-order valence-corrected chi connectivity index (χ4v) is 1.34. The van der Waals surface area contributed by atoms with E-state index in [1.54, 1.807) is 11.8 Å². The Kier molecular flexibility index (Phi) is 3.05. The molecule has 0 aromatic heterocycles. The van der Waals surface area contributed by atoms with E-state index in [1.807, 2.05) is 30.5 Å². The van der Waals surface area contributed by atoms with Crippen molar-refractivity contribution in [3.05, 3.63) is 37.1 Å². The molecule has 0 N–H and O–H groups in total. The molecule has 0 fully saturated rings. The molecule has 0 bridgehead atoms. The van der Waals surface area contributed by atoms with Gasteiger partial charge in [0.1, 0.15) is 5.75 Å². The van der Waals surface area contributed by atoms with Crippen LogP contribution in [0.15, 0.2) is 42.0 Å². The molecule has 58 valence electrons. The van der Waals surface area contributed by atoms with Crippen LogP contribution in [0.2, 0.25) is 0 Å². The van der Waals surface area contributed by atoms with Crippen LogP contribution in [0.1, 0.15) is 0 Å². The molecule has 0 aliphatic rings. The Morgan fingerprint density at radius 1 is 1.45 bits per heavy atom. The van der Waals surface area contributed by atoms with Gasteiger partial charge in [0.15, 0.2) is 0 Å². The van der Waals surface area contributed by atoms with Gasteiger partial charge in [-0.3, -0.25) is 0 Å². The molecule has 0 aliphatic heterocycles. The highest BCUT2D eigenvalue weighted by atomic mass is 32.2. The van der Waals surface area contributed by atoms with Crippen molar-refractivity contribution in [1.29, 1.82) is 0 Å². The van der Waals surface area contributed by atoms with Crippen LogP contribution in [0.5, 0.6) is 5.75 Å². The number of para-hydroxylation sites is 1. The fourth-order valence-electron chi connectivity index (χ4n) is 0.806. The van der Waals surface area contributed by atoms with E-state index in [4.69, 9.17) is 4.74 Å². The Morgan fingerprint density at radius 3 is 2.82 bits per heavy atom. The molecule has 1 rings (SSSR count). The molecule has 1 aromatic rings. The van der Waals surface area contributed by atoms with Gasteiger partial charge in [-0.2, -0.15) is 0 Å². The Balaban J connectivity index is 2.92. The maximum atomic E-state index is 5.17. The maximum absolute atomic E-state index is 5.17. The average molecular weight is 166 g/mol. The Morgan fingerprint density at radius 2 is 2.18 bits per heavy atom. The van der Waals surface area contributed by atoms with Crippen molar-refractivity contribution in [1.82, 2.24) is 0 Å². The van der Waals surface area contributed by atoms with E-state index in [1.165, 1.54) is 6.26 Å². The first-order chi connectivity index (χ1) is 5.38. The van der Waals surface area contributed by atoms with Crippen molar-refractivity contribution < 1.29 is 4.74 Å². The third-order valence-corrected chi connectivity index (χ3v) is 2.06. The minimum atomic E-state index is 0.870. The largest absolute Gasteiger partial charge is 0.464 e. The summed E-state index contributed by atoms with van der Waals surface area (Å²) >= 11 is 1.66. The van der Waals surface area contributed by atoms with Gasteiger partial charge in [-0.15, -0.1) is 11.8 Å². The molecule has 0 radical (unpaired) electrons. The Labute approximate surface area is 71.1 Å². The number of thioether (sulfide) groups is 1. The molecule has 0 saturated heterocycles. The lowest BCUT2D eigenvalue weighted by Crippen LogP contribution is -1.82. The lowest BCUT2D eigenvalue weighted by atomic mass is 10.3. The highest BCUT2D eigenvalue weighted by molar-refractivity contribution is 7.98. The smallest absolute Gasteiger partial charge is 0.140 e. The molecule has 0 heterocycles. The zero-order valence-electron chi connectivity index (χ0n) is 6.41. The Bertz CT molecular complexity index is 245. The van der Waals surface area contributed by atoms with Crippen molar-refractivity contribution in [2.75, 3.05) is 6.26 Å². The second-order valence-corrected chi connectivity index (χ2v) is 2.78. The molecule has 11 heavy (non-hydrogen) atoms. The van der Waals surface area contributed by atoms with Crippen LogP contribution >= 0.6 is 11.8 Å². The van der Waals surface area contributed by atoms with Crippen LogP contribution < -0.4 is 4.74 Å². The average Bonchev–Trinajstić information content (AvgIpc) is 2.06. The highest BCUT2D eigenvalue weighted by Gasteiger charge is 1.97. The van der Waals surface area contributed by atoms with Gasteiger partial charge in [-0.25, -0.2) is 0 Å². The second-order valence-electron chi connectivity index (χ2n) is 1.94. The molecule has 1 nitrogen and oxygen atoms in total. The monoisotopic (exact) mass is 166 g/mol. The number of benzene rings is 1. The van der Waals surface area contributed by atoms with Gasteiger partial charge in [0.25, 0.3) is 0 Å². The third-order valence-electron chi connectivity index (χ3n) is 1.28. The van der Waals surface area contributed by atoms with Crippen molar-refractivity contribution in [2.24, 2.45) is 0 Å². The molecule has 0 aliphatic carbocycles. The molecule has 2 heteroatoms. The van der Waals surface area contributed by atoms with Gasteiger partial charge in [-0.05, 0) is 18.4 Å². The highest BCUT2D eigenvalue weighted by Crippen LogP contribution is 2.26. The van der Waals surface area contributed by atoms with Crippen LogP contribution in [-0.2, 0) is 0 Å². The van der Waals surface area contributed by atoms with Crippen molar-refractivity contribution >= 4 is 11.8 Å². The standard InChI is InChI=1S/C9H10OS/c1-3-10-8-6-4-5-7-9(8)11-2/h3-7H,1H2,2H3. The van der Waals surface area contributed by atoms with Gasteiger partial charge in [0.05, 0.1) is 6.26 Å². The predicted molar refractivity (Wildman–Crippen MR) is 49.0 cm³/mol. The van der Waals surface area contributed by atoms with E-state index in [0.717, 1.165) is 10.6 Å². The van der Waals surface area contributed by atoms with Gasteiger partial charge in [-0.1, -0.05) is 18.7 Å². The summed E-state index contributed by atoms with van der Waals surface area (Å²) in [5.74, 6) is 0.870. The van der Waals surface area contributed by atoms with Crippen LogP contribution in [0, 0.1) is 0 Å². The van der Waals surface area contributed by atoms with Crippen LogP contribution in [0.3, 0.4) is 0 Å². The molecule has 0 amide bonds. The first kappa shape index (κ1) is 8.21. The molecular formula is C9H10OS. The fraction of sp³-hybridized carbons (Fsp3) is 0.111. The SMILES string of the molecule is C=COc1ccccc1SC. The molecular weight excluding hydrogens is 156 g/mol. The molecule has 0 saturated carbocycles. The first-order valence-corrected chi connectivity index (χ1v) is 4.51. The molecule has 0 atom stereocenters. The lowest BCUT2D eigenvalue weighted by Gasteiger charge is -2.03. The summed E-state index contributed by atoms with van der Waals surface area (Å²) in [6.45, 7) is 3.50. The summed E-state index contributed by atoms with van der Waals surface area (Å²) < 4.78 is 5.17. The van der Waals surface area contributed by atoms with Crippen molar-refractivity contribution in [3.8, 4) is 5.75 Å². The van der Waals surface area contributed by atoms with Gasteiger partial charge < -0.3 is 4.74 Å². The summed E-state index contributed by atoms with van der Waals surface area (Å²) in [6, 6.07) is 7.87. The van der Waals surface area contributed by atoms with Crippen molar-refractivity contribution in [3.63, 3.8) is 0 Å². The summed E-state index contributed by atoms with van der Waals surface area (Å²) in [6.07, 6.45) is 3.46. The molecule has 0 spiro atoms. The summed E-state index contributed by atoms with van der Waals surface area (Å²) in [4.78, 5) is 1.13. The van der Waals surface area contributed by atoms with E-state index in [-0.39, 0.29) is 0 Å². The van der Waals surface area contributed by atoms with Gasteiger partial charge in [0, 0.05) is 4.90 Å². The molecule has 1 aromatic carbocycles. The summed E-state index contributed by atoms with van der Waals surface area (Å²) in [7, 11) is 0. The number of rotatable bonds is 3. The minimum absolute atomic E-state index is 0.870. The van der Waals surface area contributed by atoms with Gasteiger partial charge >= 0.3 is 0 Å². The number of ether oxygens (including phenoxy) is 1. The number of hydrogen-bond donors (Lipinski definition) is 0. The predicted octanol–water partition coefficient (Wildman–Crippen LogP) is 2.93. The zero-order valence-corrected chi connectivity index (χ0v) is 7.23. The summed E-state index contributed by atoms with van der Waals surface area (Å²) in [5.41, 5.74) is 0. The lowest BCUT2D eigenvalue weighted by molar-refractivity contribution is 0.472. The van der Waals surface area contributed by atoms with E-state index >= 15 is 0 Å². The minimum Gasteiger partial charge on any atom is -0.464 e. The van der Waals surface area contributed by atoms with E-state index < -0.39 is 0 Å². The van der Waals surface area contributed by atoms with Gasteiger partial charge in [0.2, 0.25) is 0 Å². The second kappa shape index (κ2) is 4.09. The Hall–Kier alpha value is -0.890. The van der Waals surface area contributed by atoms with E-state index in [9.17, 15) is 0 Å². The topological polar surface area (TPSA) is 9.23 Å². The molecule has 0 unspecified atom stereocenters. The zero-order chi connectivity index (χ0) is 8.10. The number of hydrogen-bond acceptors (Lipinski definition) is 2. The quantitative estimate of drug-likeness (QED) is 0.504. The van der Waals surface area contributed by atoms with Crippen molar-refractivity contribution in [2.45, 2.75) is 4.90 Å². The van der Waals surface area contributed by atoms with E-state index in [2.05, 4.69) is 6.58 Å². The normalized spacial score (nSPS) is 9.18. The van der Waals surface area contributed by atoms with Crippen LogP contribution in [-0.4, -0.2) is 6.26 Å².